The number of nitrogens with one attached hydrogen (secondary N) is 1. The number of nitrogens with zero attached hydrogens (tertiary/aromatic N) is 2. The smallest absolute Gasteiger partial charge is 0.208 e. The number of hydrogen-bond acceptors (Lipinski definition) is 2. The summed E-state index contributed by atoms with van der Waals surface area (Å²) in [6.45, 7) is 6.30. The van der Waals surface area contributed by atoms with Crippen molar-refractivity contribution in [2.45, 2.75) is 26.7 Å². The van der Waals surface area contributed by atoms with Gasteiger partial charge in [0.05, 0.1) is 0 Å². The largest absolute Gasteiger partial charge is 0.345 e. The normalized spacial score (nSPS) is 26.1. The van der Waals surface area contributed by atoms with E-state index in [-0.39, 0.29) is 0 Å². The molecule has 0 heterocycles. The molecule has 1 aliphatic rings. The van der Waals surface area contributed by atoms with Crippen LogP contribution >= 0.6 is 0 Å². The van der Waals surface area contributed by atoms with Crippen molar-refractivity contribution in [3.05, 3.63) is 0 Å². The predicted octanol–water partition coefficient (Wildman–Crippen LogP) is 0.804. The molecule has 0 spiro atoms. The van der Waals surface area contributed by atoms with Gasteiger partial charge in [-0.1, -0.05) is 13.8 Å². The van der Waals surface area contributed by atoms with Crippen molar-refractivity contribution >= 4 is 5.96 Å². The first-order chi connectivity index (χ1) is 6.69. The van der Waals surface area contributed by atoms with E-state index < -0.39 is 0 Å². The van der Waals surface area contributed by atoms with Gasteiger partial charge >= 0.3 is 0 Å². The molecule has 0 aromatic rings. The highest BCUT2D eigenvalue weighted by Gasteiger charge is 2.33. The molecule has 0 aromatic heterocycles. The van der Waals surface area contributed by atoms with Gasteiger partial charge in [-0.2, -0.15) is 0 Å². The third kappa shape index (κ3) is 3.18. The molecule has 3 N–H and O–H groups in total. The van der Waals surface area contributed by atoms with E-state index in [1.54, 1.807) is 0 Å². The molecule has 1 aliphatic carbocycles. The lowest BCUT2D eigenvalue weighted by atomic mass is 10.3. The van der Waals surface area contributed by atoms with Crippen molar-refractivity contribution < 1.29 is 0 Å². The molecule has 0 aliphatic heterocycles. The van der Waals surface area contributed by atoms with Gasteiger partial charge in [0.25, 0.3) is 0 Å². The van der Waals surface area contributed by atoms with Crippen LogP contribution in [0.4, 0.5) is 0 Å². The zero-order chi connectivity index (χ0) is 10.6. The summed E-state index contributed by atoms with van der Waals surface area (Å²) in [5.74, 6) is 7.94. The number of aliphatic imine (C=N–C) groups is 1. The molecule has 1 rings (SSSR count). The summed E-state index contributed by atoms with van der Waals surface area (Å²) in [5, 5.41) is 0. The first-order valence-corrected chi connectivity index (χ1v) is 5.41. The maximum atomic E-state index is 5.42. The summed E-state index contributed by atoms with van der Waals surface area (Å²) in [6, 6.07) is 0. The third-order valence-corrected chi connectivity index (χ3v) is 2.76. The highest BCUT2D eigenvalue weighted by molar-refractivity contribution is 5.79. The fourth-order valence-electron chi connectivity index (χ4n) is 1.59. The van der Waals surface area contributed by atoms with E-state index in [1.807, 2.05) is 7.05 Å². The first-order valence-electron chi connectivity index (χ1n) is 5.41. The molecule has 1 fully saturated rings. The van der Waals surface area contributed by atoms with E-state index in [2.05, 4.69) is 29.2 Å². The monoisotopic (exact) mass is 198 g/mol. The minimum absolute atomic E-state index is 0.811. The van der Waals surface area contributed by atoms with Crippen molar-refractivity contribution in [1.82, 2.24) is 10.3 Å². The third-order valence-electron chi connectivity index (χ3n) is 2.76. The Labute approximate surface area is 86.5 Å². The van der Waals surface area contributed by atoms with Gasteiger partial charge in [0.15, 0.2) is 0 Å². The minimum Gasteiger partial charge on any atom is -0.345 e. The van der Waals surface area contributed by atoms with Gasteiger partial charge < -0.3 is 4.90 Å². The molecule has 1 saturated carbocycles. The van der Waals surface area contributed by atoms with Gasteiger partial charge in [0.1, 0.15) is 0 Å². The van der Waals surface area contributed by atoms with Crippen molar-refractivity contribution in [3.8, 4) is 0 Å². The fraction of sp³-hybridized carbons (Fsp3) is 0.900. The Morgan fingerprint density at radius 2 is 2.29 bits per heavy atom. The Hall–Kier alpha value is -0.770. The second-order valence-electron chi connectivity index (χ2n) is 4.20. The molecule has 14 heavy (non-hydrogen) atoms. The van der Waals surface area contributed by atoms with E-state index in [0.717, 1.165) is 37.3 Å². The molecular weight excluding hydrogens is 176 g/mol. The molecule has 2 atom stereocenters. The topological polar surface area (TPSA) is 53.6 Å². The Morgan fingerprint density at radius 1 is 1.64 bits per heavy atom. The summed E-state index contributed by atoms with van der Waals surface area (Å²) in [5.41, 5.74) is 2.66. The van der Waals surface area contributed by atoms with Crippen LogP contribution in [0, 0.1) is 11.8 Å². The van der Waals surface area contributed by atoms with Crippen LogP contribution in [0.5, 0.6) is 0 Å². The maximum Gasteiger partial charge on any atom is 0.208 e. The quantitative estimate of drug-likeness (QED) is 0.304. The summed E-state index contributed by atoms with van der Waals surface area (Å²) in [6.07, 6.45) is 2.40. The molecule has 4 heteroatoms. The van der Waals surface area contributed by atoms with Gasteiger partial charge in [-0.05, 0) is 24.7 Å². The van der Waals surface area contributed by atoms with Crippen LogP contribution in [0.3, 0.4) is 0 Å². The van der Waals surface area contributed by atoms with Crippen LogP contribution in [-0.4, -0.2) is 31.0 Å². The van der Waals surface area contributed by atoms with Gasteiger partial charge in [-0.15, -0.1) is 0 Å². The van der Waals surface area contributed by atoms with Gasteiger partial charge in [-0.25, -0.2) is 5.84 Å². The van der Waals surface area contributed by atoms with E-state index in [0.29, 0.717) is 0 Å². The van der Waals surface area contributed by atoms with Gasteiger partial charge in [0, 0.05) is 20.1 Å². The highest BCUT2D eigenvalue weighted by atomic mass is 15.4. The molecule has 2 unspecified atom stereocenters. The van der Waals surface area contributed by atoms with Crippen LogP contribution in [0.1, 0.15) is 26.7 Å². The average Bonchev–Trinajstić information content (AvgIpc) is 2.83. The van der Waals surface area contributed by atoms with Crippen molar-refractivity contribution in [1.29, 1.82) is 0 Å². The minimum atomic E-state index is 0.811. The van der Waals surface area contributed by atoms with E-state index in [1.165, 1.54) is 6.42 Å². The number of rotatable bonds is 4. The molecule has 0 aromatic carbocycles. The van der Waals surface area contributed by atoms with Gasteiger partial charge in [0.2, 0.25) is 5.96 Å². The van der Waals surface area contributed by atoms with Crippen LogP contribution in [-0.2, 0) is 0 Å². The second-order valence-corrected chi connectivity index (χ2v) is 4.20. The Balaban J connectivity index is 2.35. The molecule has 82 valence electrons. The van der Waals surface area contributed by atoms with Crippen LogP contribution in [0.25, 0.3) is 0 Å². The molecule has 0 radical (unpaired) electrons. The van der Waals surface area contributed by atoms with Crippen LogP contribution < -0.4 is 11.3 Å². The Bertz CT molecular complexity index is 202. The lowest BCUT2D eigenvalue weighted by Crippen LogP contribution is -2.43. The standard InChI is InChI=1S/C10H22N4/c1-4-5-12-10(13-11)14(3)7-9-6-8(9)2/h8-9H,4-7,11H2,1-3H3,(H,12,13). The summed E-state index contributed by atoms with van der Waals surface area (Å²) < 4.78 is 0. The summed E-state index contributed by atoms with van der Waals surface area (Å²) in [7, 11) is 2.04. The lowest BCUT2D eigenvalue weighted by molar-refractivity contribution is 0.445. The number of guanidine groups is 1. The number of nitrogens with two attached hydrogens (primary N) is 1. The zero-order valence-electron chi connectivity index (χ0n) is 9.45. The van der Waals surface area contributed by atoms with Crippen molar-refractivity contribution in [2.75, 3.05) is 20.1 Å². The van der Waals surface area contributed by atoms with Crippen LogP contribution in [0.15, 0.2) is 4.99 Å². The number of hydrazine groups is 1. The predicted molar refractivity (Wildman–Crippen MR) is 59.8 cm³/mol. The zero-order valence-corrected chi connectivity index (χ0v) is 9.45. The van der Waals surface area contributed by atoms with Crippen molar-refractivity contribution in [3.63, 3.8) is 0 Å². The van der Waals surface area contributed by atoms with Crippen LogP contribution in [0.2, 0.25) is 0 Å². The Morgan fingerprint density at radius 3 is 2.71 bits per heavy atom. The van der Waals surface area contributed by atoms with E-state index in [4.69, 9.17) is 5.84 Å². The molecule has 0 amide bonds. The second kappa shape index (κ2) is 5.20. The first kappa shape index (κ1) is 11.3. The summed E-state index contributed by atoms with van der Waals surface area (Å²) >= 11 is 0. The molecule has 0 bridgehead atoms. The molecular formula is C10H22N4. The molecule has 4 nitrogen and oxygen atoms in total. The van der Waals surface area contributed by atoms with E-state index >= 15 is 0 Å². The maximum absolute atomic E-state index is 5.42. The van der Waals surface area contributed by atoms with Crippen molar-refractivity contribution in [2.24, 2.45) is 22.7 Å². The number of hydrogen-bond donors (Lipinski definition) is 2. The fourth-order valence-corrected chi connectivity index (χ4v) is 1.59. The van der Waals surface area contributed by atoms with Gasteiger partial charge in [-0.3, -0.25) is 10.4 Å². The van der Waals surface area contributed by atoms with E-state index in [9.17, 15) is 0 Å². The lowest BCUT2D eigenvalue weighted by Gasteiger charge is -2.20. The highest BCUT2D eigenvalue weighted by Crippen LogP contribution is 2.37. The summed E-state index contributed by atoms with van der Waals surface area (Å²) in [4.78, 5) is 6.49. The SMILES string of the molecule is CCCN=C(NN)N(C)CC1CC1C. The molecule has 0 saturated heterocycles. The Kier molecular flexibility index (Phi) is 4.20. The average molecular weight is 198 g/mol.